The molecule has 0 saturated carbocycles. The Labute approximate surface area is 92.2 Å². The second-order valence-corrected chi connectivity index (χ2v) is 3.01. The first-order chi connectivity index (χ1) is 7.67. The molecule has 1 rings (SSSR count). The highest BCUT2D eigenvalue weighted by Crippen LogP contribution is 1.92. The summed E-state index contributed by atoms with van der Waals surface area (Å²) in [4.78, 5) is 22.3. The zero-order chi connectivity index (χ0) is 12.0. The van der Waals surface area contributed by atoms with Crippen molar-refractivity contribution in [1.82, 2.24) is 25.6 Å². The lowest BCUT2D eigenvalue weighted by Crippen LogP contribution is -2.35. The fourth-order valence-electron chi connectivity index (χ4n) is 0.984. The minimum Gasteiger partial charge on any atom is -0.358 e. The maximum Gasteiger partial charge on any atom is 0.273 e. The van der Waals surface area contributed by atoms with Gasteiger partial charge in [-0.05, 0) is 0 Å². The number of hydrogen-bond donors (Lipinski definition) is 3. The van der Waals surface area contributed by atoms with Crippen LogP contribution in [-0.2, 0) is 11.3 Å². The maximum absolute atomic E-state index is 11.4. The Hall–Kier alpha value is -1.96. The van der Waals surface area contributed by atoms with Crippen LogP contribution in [-0.4, -0.2) is 46.9 Å². The summed E-state index contributed by atoms with van der Waals surface area (Å²) in [6, 6.07) is 0. The quantitative estimate of drug-likeness (QED) is 0.523. The summed E-state index contributed by atoms with van der Waals surface area (Å²) in [5.74, 6) is -0.713. The Morgan fingerprint density at radius 1 is 1.56 bits per heavy atom. The van der Waals surface area contributed by atoms with E-state index >= 15 is 0 Å². The summed E-state index contributed by atoms with van der Waals surface area (Å²) < 4.78 is 1.47. The van der Waals surface area contributed by atoms with Gasteiger partial charge in [0.25, 0.3) is 5.91 Å². The molecule has 1 aromatic rings. The van der Waals surface area contributed by atoms with Crippen molar-refractivity contribution < 1.29 is 9.59 Å². The fourth-order valence-corrected chi connectivity index (χ4v) is 0.984. The van der Waals surface area contributed by atoms with E-state index in [1.165, 1.54) is 17.9 Å². The van der Waals surface area contributed by atoms with Gasteiger partial charge >= 0.3 is 0 Å². The van der Waals surface area contributed by atoms with Gasteiger partial charge in [0.2, 0.25) is 5.91 Å². The highest BCUT2D eigenvalue weighted by atomic mass is 16.2. The smallest absolute Gasteiger partial charge is 0.273 e. The molecule has 0 unspecified atom stereocenters. The van der Waals surface area contributed by atoms with Crippen molar-refractivity contribution in [2.75, 3.05) is 20.1 Å². The van der Waals surface area contributed by atoms with Crippen molar-refractivity contribution in [1.29, 1.82) is 0 Å². The molecule has 0 aliphatic rings. The van der Waals surface area contributed by atoms with E-state index in [-0.39, 0.29) is 18.1 Å². The Balaban J connectivity index is 2.49. The molecule has 88 valence electrons. The van der Waals surface area contributed by atoms with Crippen molar-refractivity contribution in [2.24, 2.45) is 5.73 Å². The van der Waals surface area contributed by atoms with Gasteiger partial charge < -0.3 is 16.4 Å². The van der Waals surface area contributed by atoms with Crippen LogP contribution in [0.1, 0.15) is 10.5 Å². The minimum atomic E-state index is -0.438. The van der Waals surface area contributed by atoms with Crippen LogP contribution < -0.4 is 16.4 Å². The summed E-state index contributed by atoms with van der Waals surface area (Å²) in [5, 5.41) is 12.1. The molecule has 8 nitrogen and oxygen atoms in total. The number of likely N-dealkylation sites (N-methyl/N-ethyl adjacent to an activating group) is 1. The van der Waals surface area contributed by atoms with Gasteiger partial charge in [-0.1, -0.05) is 5.21 Å². The van der Waals surface area contributed by atoms with Crippen LogP contribution in [0.5, 0.6) is 0 Å². The van der Waals surface area contributed by atoms with Crippen LogP contribution in [0.15, 0.2) is 6.20 Å². The van der Waals surface area contributed by atoms with Crippen LogP contribution in [0.25, 0.3) is 0 Å². The fraction of sp³-hybridized carbons (Fsp3) is 0.500. The number of aromatic nitrogens is 3. The molecule has 0 aromatic carbocycles. The molecule has 0 bridgehead atoms. The lowest BCUT2D eigenvalue weighted by Gasteiger charge is -2.00. The van der Waals surface area contributed by atoms with Gasteiger partial charge in [-0.3, -0.25) is 14.3 Å². The van der Waals surface area contributed by atoms with E-state index in [0.29, 0.717) is 13.1 Å². The molecular formula is C8H14N6O2. The first-order valence-electron chi connectivity index (χ1n) is 4.76. The molecule has 0 aliphatic heterocycles. The Morgan fingerprint density at radius 2 is 2.31 bits per heavy atom. The van der Waals surface area contributed by atoms with E-state index in [4.69, 9.17) is 5.73 Å². The van der Waals surface area contributed by atoms with Gasteiger partial charge in [-0.2, -0.15) is 0 Å². The number of nitrogens with one attached hydrogen (secondary N) is 2. The number of nitrogens with zero attached hydrogens (tertiary/aromatic N) is 3. The first-order valence-corrected chi connectivity index (χ1v) is 4.76. The van der Waals surface area contributed by atoms with Crippen molar-refractivity contribution >= 4 is 11.8 Å². The molecular weight excluding hydrogens is 212 g/mol. The molecule has 16 heavy (non-hydrogen) atoms. The predicted molar refractivity (Wildman–Crippen MR) is 55.5 cm³/mol. The summed E-state index contributed by atoms with van der Waals surface area (Å²) in [5.41, 5.74) is 5.48. The summed E-state index contributed by atoms with van der Waals surface area (Å²) in [6.45, 7) is 0.831. The second-order valence-electron chi connectivity index (χ2n) is 3.01. The number of carbonyl (C=O) groups excluding carboxylic acids is 2. The van der Waals surface area contributed by atoms with Crippen LogP contribution in [0.2, 0.25) is 0 Å². The Bertz CT molecular complexity index is 374. The zero-order valence-corrected chi connectivity index (χ0v) is 8.93. The Kier molecular flexibility index (Phi) is 4.40. The highest BCUT2D eigenvalue weighted by Gasteiger charge is 2.11. The third-order valence-corrected chi connectivity index (χ3v) is 1.82. The Morgan fingerprint density at radius 3 is 2.94 bits per heavy atom. The van der Waals surface area contributed by atoms with Crippen LogP contribution in [0, 0.1) is 0 Å². The molecule has 0 spiro atoms. The molecule has 0 aliphatic carbocycles. The third kappa shape index (κ3) is 3.31. The molecule has 2 amide bonds. The van der Waals surface area contributed by atoms with E-state index in [0.717, 1.165) is 0 Å². The second kappa shape index (κ2) is 5.81. The number of amides is 2. The van der Waals surface area contributed by atoms with Gasteiger partial charge in [0.05, 0.1) is 19.3 Å². The van der Waals surface area contributed by atoms with Gasteiger partial charge in [0, 0.05) is 13.6 Å². The normalized spacial score (nSPS) is 9.88. The molecule has 8 heteroatoms. The molecule has 1 heterocycles. The monoisotopic (exact) mass is 226 g/mol. The molecule has 0 radical (unpaired) electrons. The molecule has 4 N–H and O–H groups in total. The van der Waals surface area contributed by atoms with Crippen LogP contribution >= 0.6 is 0 Å². The lowest BCUT2D eigenvalue weighted by atomic mass is 10.4. The van der Waals surface area contributed by atoms with Crippen molar-refractivity contribution in [2.45, 2.75) is 6.54 Å². The van der Waals surface area contributed by atoms with Crippen molar-refractivity contribution in [3.8, 4) is 0 Å². The van der Waals surface area contributed by atoms with E-state index in [1.54, 1.807) is 0 Å². The van der Waals surface area contributed by atoms with Gasteiger partial charge in [-0.25, -0.2) is 0 Å². The highest BCUT2D eigenvalue weighted by molar-refractivity contribution is 5.94. The number of nitrogens with two attached hydrogens (primary N) is 1. The topological polar surface area (TPSA) is 115 Å². The van der Waals surface area contributed by atoms with Gasteiger partial charge in [-0.15, -0.1) is 5.10 Å². The summed E-state index contributed by atoms with van der Waals surface area (Å²) in [6.07, 6.45) is 1.48. The average molecular weight is 226 g/mol. The SMILES string of the molecule is CNC(=O)CNC(=O)c1cn(CCN)nn1. The van der Waals surface area contributed by atoms with Crippen molar-refractivity contribution in [3.05, 3.63) is 11.9 Å². The zero-order valence-electron chi connectivity index (χ0n) is 8.93. The van der Waals surface area contributed by atoms with E-state index < -0.39 is 5.91 Å². The number of carbonyl (C=O) groups is 2. The number of rotatable bonds is 5. The first kappa shape index (κ1) is 12.1. The average Bonchev–Trinajstić information content (AvgIpc) is 2.74. The van der Waals surface area contributed by atoms with E-state index in [9.17, 15) is 9.59 Å². The third-order valence-electron chi connectivity index (χ3n) is 1.82. The largest absolute Gasteiger partial charge is 0.358 e. The molecule has 0 fully saturated rings. The predicted octanol–water partition coefficient (Wildman–Crippen LogP) is -2.29. The summed E-state index contributed by atoms with van der Waals surface area (Å²) >= 11 is 0. The molecule has 0 atom stereocenters. The lowest BCUT2D eigenvalue weighted by molar-refractivity contribution is -0.119. The van der Waals surface area contributed by atoms with E-state index in [1.807, 2.05) is 0 Å². The molecule has 0 saturated heterocycles. The standard InChI is InChI=1S/C8H14N6O2/c1-10-7(15)4-11-8(16)6-5-14(3-2-9)13-12-6/h5H,2-4,9H2,1H3,(H,10,15)(H,11,16). The van der Waals surface area contributed by atoms with Crippen LogP contribution in [0.3, 0.4) is 0 Å². The van der Waals surface area contributed by atoms with Gasteiger partial charge in [0.1, 0.15) is 0 Å². The molecule has 1 aromatic heterocycles. The van der Waals surface area contributed by atoms with Gasteiger partial charge in [0.15, 0.2) is 5.69 Å². The number of hydrogen-bond acceptors (Lipinski definition) is 5. The van der Waals surface area contributed by atoms with Crippen LogP contribution in [0.4, 0.5) is 0 Å². The van der Waals surface area contributed by atoms with Crippen molar-refractivity contribution in [3.63, 3.8) is 0 Å². The minimum absolute atomic E-state index is 0.0842. The summed E-state index contributed by atoms with van der Waals surface area (Å²) in [7, 11) is 1.49. The van der Waals surface area contributed by atoms with E-state index in [2.05, 4.69) is 20.9 Å². The maximum atomic E-state index is 11.4.